The highest BCUT2D eigenvalue weighted by Crippen LogP contribution is 2.25. The normalized spacial score (nSPS) is 9.72. The molecule has 0 amide bonds. The Kier molecular flexibility index (Phi) is 9.66. The molecule has 0 bridgehead atoms. The van der Waals surface area contributed by atoms with Gasteiger partial charge in [-0.2, -0.15) is 0 Å². The third kappa shape index (κ3) is 7.09. The first kappa shape index (κ1) is 24.3. The predicted molar refractivity (Wildman–Crippen MR) is 126 cm³/mol. The topological polar surface area (TPSA) is 74.2 Å². The van der Waals surface area contributed by atoms with Gasteiger partial charge in [0.2, 0.25) is 6.79 Å². The molecule has 166 valence electrons. The van der Waals surface area contributed by atoms with Crippen LogP contribution in [-0.4, -0.2) is 25.4 Å². The van der Waals surface area contributed by atoms with Gasteiger partial charge in [-0.3, -0.25) is 9.79 Å². The number of hydrogen-bond acceptors (Lipinski definition) is 6. The van der Waals surface area contributed by atoms with Crippen LogP contribution in [0.15, 0.2) is 77.8 Å². The maximum absolute atomic E-state index is 12.3. The molecule has 0 saturated heterocycles. The van der Waals surface area contributed by atoms with Gasteiger partial charge >= 0.3 is 11.9 Å². The number of aliphatic imine (C=N–C) groups is 1. The lowest BCUT2D eigenvalue weighted by Gasteiger charge is -2.08. The molecule has 0 aliphatic carbocycles. The van der Waals surface area contributed by atoms with E-state index < -0.39 is 5.97 Å². The van der Waals surface area contributed by atoms with Gasteiger partial charge in [0, 0.05) is 6.42 Å². The van der Waals surface area contributed by atoms with Gasteiger partial charge in [0.05, 0.1) is 11.3 Å². The number of carbonyl (C=O) groups excluding carboxylic acids is 2. The first-order chi connectivity index (χ1) is 15.6. The summed E-state index contributed by atoms with van der Waals surface area (Å²) >= 11 is 0. The molecule has 0 heterocycles. The Hall–Kier alpha value is -3.93. The Morgan fingerprint density at radius 3 is 1.88 bits per heavy atom. The molecule has 0 aromatic heterocycles. The zero-order valence-electron chi connectivity index (χ0n) is 18.5. The summed E-state index contributed by atoms with van der Waals surface area (Å²) in [4.78, 5) is 27.3. The van der Waals surface area contributed by atoms with Crippen LogP contribution in [0.3, 0.4) is 0 Å². The molecular formula is C26H27NO5. The van der Waals surface area contributed by atoms with Crippen LogP contribution in [0.1, 0.15) is 37.6 Å². The van der Waals surface area contributed by atoms with Crippen LogP contribution in [0.25, 0.3) is 11.1 Å². The molecule has 3 aromatic carbocycles. The maximum atomic E-state index is 12.3. The summed E-state index contributed by atoms with van der Waals surface area (Å²) in [6.45, 7) is 9.03. The van der Waals surface area contributed by atoms with Crippen molar-refractivity contribution in [3.8, 4) is 22.6 Å². The standard InChI is InChI=1S/C24H21NO5.C2H6/c1-3-23(26)29-16-28-21-12-8-19(9-13-21)24(27)30-22-14-6-18(7-15-22)17-4-10-20(25-2)11-5-17;1-2/h4-15H,2-3,16H2,1H3;1-2H3. The van der Waals surface area contributed by atoms with Crippen LogP contribution < -0.4 is 9.47 Å². The lowest BCUT2D eigenvalue weighted by Crippen LogP contribution is -2.10. The number of hydrogen-bond donors (Lipinski definition) is 0. The van der Waals surface area contributed by atoms with Crippen molar-refractivity contribution < 1.29 is 23.8 Å². The number of ether oxygens (including phenoxy) is 3. The van der Waals surface area contributed by atoms with E-state index in [1.54, 1.807) is 43.3 Å². The van der Waals surface area contributed by atoms with Crippen molar-refractivity contribution >= 4 is 24.3 Å². The number of esters is 2. The summed E-state index contributed by atoms with van der Waals surface area (Å²) in [7, 11) is 0. The Balaban J connectivity index is 0.00000176. The summed E-state index contributed by atoms with van der Waals surface area (Å²) < 4.78 is 15.6. The first-order valence-corrected chi connectivity index (χ1v) is 10.4. The Morgan fingerprint density at radius 2 is 1.34 bits per heavy atom. The molecule has 0 atom stereocenters. The Bertz CT molecular complexity index is 1010. The Labute approximate surface area is 188 Å². The molecule has 6 nitrogen and oxygen atoms in total. The third-order valence-corrected chi connectivity index (χ3v) is 4.27. The average Bonchev–Trinajstić information content (AvgIpc) is 2.86. The van der Waals surface area contributed by atoms with E-state index in [2.05, 4.69) is 11.7 Å². The summed E-state index contributed by atoms with van der Waals surface area (Å²) in [6, 6.07) is 21.3. The molecule has 0 unspecified atom stereocenters. The fourth-order valence-electron chi connectivity index (χ4n) is 2.59. The zero-order chi connectivity index (χ0) is 23.3. The molecule has 0 N–H and O–H groups in total. The van der Waals surface area contributed by atoms with Gasteiger partial charge in [0.25, 0.3) is 0 Å². The zero-order valence-corrected chi connectivity index (χ0v) is 18.5. The minimum Gasteiger partial charge on any atom is -0.457 e. The van der Waals surface area contributed by atoms with Crippen molar-refractivity contribution in [1.29, 1.82) is 0 Å². The third-order valence-electron chi connectivity index (χ3n) is 4.27. The molecular weight excluding hydrogens is 406 g/mol. The summed E-state index contributed by atoms with van der Waals surface area (Å²) in [6.07, 6.45) is 0.286. The minimum atomic E-state index is -0.479. The van der Waals surface area contributed by atoms with Crippen LogP contribution in [-0.2, 0) is 9.53 Å². The molecule has 0 fully saturated rings. The number of benzene rings is 3. The molecule has 32 heavy (non-hydrogen) atoms. The maximum Gasteiger partial charge on any atom is 0.343 e. The molecule has 6 heteroatoms. The molecule has 3 aromatic rings. The van der Waals surface area contributed by atoms with Crippen LogP contribution >= 0.6 is 0 Å². The number of carbonyl (C=O) groups is 2. The van der Waals surface area contributed by atoms with Gasteiger partial charge < -0.3 is 14.2 Å². The first-order valence-electron chi connectivity index (χ1n) is 10.4. The summed E-state index contributed by atoms with van der Waals surface area (Å²) in [5, 5.41) is 0. The van der Waals surface area contributed by atoms with Gasteiger partial charge in [-0.05, 0) is 66.4 Å². The van der Waals surface area contributed by atoms with Crippen LogP contribution in [0.5, 0.6) is 11.5 Å². The predicted octanol–water partition coefficient (Wildman–Crippen LogP) is 6.22. The van der Waals surface area contributed by atoms with E-state index in [0.717, 1.165) is 16.8 Å². The van der Waals surface area contributed by atoms with E-state index in [0.29, 0.717) is 17.1 Å². The largest absolute Gasteiger partial charge is 0.457 e. The fraction of sp³-hybridized carbons (Fsp3) is 0.192. The van der Waals surface area contributed by atoms with Gasteiger partial charge in [-0.15, -0.1) is 0 Å². The monoisotopic (exact) mass is 433 g/mol. The molecule has 0 saturated carbocycles. The highest BCUT2D eigenvalue weighted by Gasteiger charge is 2.09. The lowest BCUT2D eigenvalue weighted by atomic mass is 10.1. The van der Waals surface area contributed by atoms with Gasteiger partial charge in [0.15, 0.2) is 0 Å². The van der Waals surface area contributed by atoms with Gasteiger partial charge in [-0.1, -0.05) is 45.0 Å². The quantitative estimate of drug-likeness (QED) is 0.182. The van der Waals surface area contributed by atoms with Crippen LogP contribution in [0.4, 0.5) is 5.69 Å². The number of nitrogens with zero attached hydrogens (tertiary/aromatic N) is 1. The van der Waals surface area contributed by atoms with E-state index in [1.165, 1.54) is 0 Å². The molecule has 0 radical (unpaired) electrons. The summed E-state index contributed by atoms with van der Waals surface area (Å²) in [5.41, 5.74) is 3.21. The molecule has 3 rings (SSSR count). The fourth-order valence-corrected chi connectivity index (χ4v) is 2.59. The number of rotatable bonds is 8. The van der Waals surface area contributed by atoms with Crippen molar-refractivity contribution in [2.75, 3.05) is 6.79 Å². The molecule has 0 aliphatic heterocycles. The van der Waals surface area contributed by atoms with Gasteiger partial charge in [0.1, 0.15) is 11.5 Å². The second-order valence-corrected chi connectivity index (χ2v) is 6.28. The van der Waals surface area contributed by atoms with Crippen molar-refractivity contribution in [2.45, 2.75) is 27.2 Å². The van der Waals surface area contributed by atoms with E-state index in [1.807, 2.05) is 50.2 Å². The second kappa shape index (κ2) is 12.7. The van der Waals surface area contributed by atoms with Crippen molar-refractivity contribution in [3.63, 3.8) is 0 Å². The Morgan fingerprint density at radius 1 is 0.812 bits per heavy atom. The van der Waals surface area contributed by atoms with Gasteiger partial charge in [-0.25, -0.2) is 4.79 Å². The van der Waals surface area contributed by atoms with E-state index in [4.69, 9.17) is 14.2 Å². The second-order valence-electron chi connectivity index (χ2n) is 6.28. The smallest absolute Gasteiger partial charge is 0.343 e. The lowest BCUT2D eigenvalue weighted by molar-refractivity contribution is -0.149. The van der Waals surface area contributed by atoms with Crippen molar-refractivity contribution in [3.05, 3.63) is 78.4 Å². The van der Waals surface area contributed by atoms with Crippen LogP contribution in [0.2, 0.25) is 0 Å². The molecule has 0 aliphatic rings. The highest BCUT2D eigenvalue weighted by atomic mass is 16.7. The SMILES string of the molecule is C=Nc1ccc(-c2ccc(OC(=O)c3ccc(OCOC(=O)CC)cc3)cc2)cc1.CC. The van der Waals surface area contributed by atoms with Crippen molar-refractivity contribution in [2.24, 2.45) is 4.99 Å². The highest BCUT2D eigenvalue weighted by molar-refractivity contribution is 5.91. The summed E-state index contributed by atoms with van der Waals surface area (Å²) in [5.74, 6) is 0.109. The van der Waals surface area contributed by atoms with E-state index >= 15 is 0 Å². The average molecular weight is 434 g/mol. The minimum absolute atomic E-state index is 0.171. The van der Waals surface area contributed by atoms with E-state index in [9.17, 15) is 9.59 Å². The van der Waals surface area contributed by atoms with Crippen LogP contribution in [0, 0.1) is 0 Å². The van der Waals surface area contributed by atoms with Crippen molar-refractivity contribution in [1.82, 2.24) is 0 Å². The van der Waals surface area contributed by atoms with E-state index in [-0.39, 0.29) is 19.2 Å². The molecule has 0 spiro atoms.